The van der Waals surface area contributed by atoms with Crippen molar-refractivity contribution in [1.29, 1.82) is 0 Å². The van der Waals surface area contributed by atoms with E-state index in [-0.39, 0.29) is 31.5 Å². The molecule has 2 rings (SSSR count). The van der Waals surface area contributed by atoms with Crippen LogP contribution in [0.2, 0.25) is 0 Å². The van der Waals surface area contributed by atoms with Gasteiger partial charge in [0.05, 0.1) is 26.9 Å². The van der Waals surface area contributed by atoms with Crippen molar-refractivity contribution in [2.24, 2.45) is 11.8 Å². The fraction of sp³-hybridized carbons (Fsp3) is 0.800. The third kappa shape index (κ3) is 9.09. The number of ether oxygens (including phenoxy) is 4. The Balaban J connectivity index is 1.86. The van der Waals surface area contributed by atoms with E-state index in [1.165, 1.54) is 7.11 Å². The molecule has 31 heavy (non-hydrogen) atoms. The Morgan fingerprint density at radius 3 is 2.35 bits per heavy atom. The van der Waals surface area contributed by atoms with E-state index >= 15 is 0 Å². The monoisotopic (exact) mass is 443 g/mol. The van der Waals surface area contributed by atoms with Gasteiger partial charge < -0.3 is 34.9 Å². The molecule has 3 N–H and O–H groups in total. The van der Waals surface area contributed by atoms with Gasteiger partial charge in [-0.2, -0.15) is 0 Å². The van der Waals surface area contributed by atoms with Gasteiger partial charge in [0.15, 0.2) is 0 Å². The minimum Gasteiger partial charge on any atom is -0.467 e. The highest BCUT2D eigenvalue weighted by Gasteiger charge is 2.35. The summed E-state index contributed by atoms with van der Waals surface area (Å²) in [6.07, 6.45) is 2.41. The number of esters is 1. The summed E-state index contributed by atoms with van der Waals surface area (Å²) in [5.41, 5.74) is 0. The third-order valence-electron chi connectivity index (χ3n) is 5.25. The SMILES string of the molecule is COCCOCCOC(=O)NC(CC1CC1)C(=O)NC(C[C@@H]1CCNC1=O)C(=O)OC. The molecule has 2 aliphatic rings. The summed E-state index contributed by atoms with van der Waals surface area (Å²) in [4.78, 5) is 49.0. The standard InChI is InChI=1S/C20H33N3O8/c1-28-7-8-30-9-10-31-20(27)23-15(11-13-3-4-13)18(25)22-16(19(26)29-2)12-14-5-6-21-17(14)24/h13-16H,3-12H2,1-2H3,(H,21,24)(H,22,25)(H,23,27)/t14-,15?,16?/m0/s1. The van der Waals surface area contributed by atoms with Crippen molar-refractivity contribution in [3.63, 3.8) is 0 Å². The lowest BCUT2D eigenvalue weighted by molar-refractivity contribution is -0.146. The third-order valence-corrected chi connectivity index (χ3v) is 5.25. The van der Waals surface area contributed by atoms with Gasteiger partial charge in [0.25, 0.3) is 0 Å². The largest absolute Gasteiger partial charge is 0.467 e. The summed E-state index contributed by atoms with van der Waals surface area (Å²) in [5, 5.41) is 7.92. The van der Waals surface area contributed by atoms with Crippen molar-refractivity contribution in [2.45, 2.75) is 44.2 Å². The number of hydrogen-bond acceptors (Lipinski definition) is 8. The molecular weight excluding hydrogens is 410 g/mol. The molecule has 0 spiro atoms. The average Bonchev–Trinajstić information content (AvgIpc) is 3.48. The van der Waals surface area contributed by atoms with E-state index in [4.69, 9.17) is 18.9 Å². The van der Waals surface area contributed by atoms with Crippen molar-refractivity contribution in [3.8, 4) is 0 Å². The predicted molar refractivity (Wildman–Crippen MR) is 108 cm³/mol. The number of amides is 3. The Morgan fingerprint density at radius 2 is 1.74 bits per heavy atom. The number of carbonyl (C=O) groups is 4. The van der Waals surface area contributed by atoms with Crippen LogP contribution in [0.1, 0.15) is 32.1 Å². The number of methoxy groups -OCH3 is 2. The van der Waals surface area contributed by atoms with Crippen LogP contribution in [0.4, 0.5) is 4.79 Å². The first-order valence-corrected chi connectivity index (χ1v) is 10.6. The van der Waals surface area contributed by atoms with E-state index in [0.29, 0.717) is 38.5 Å². The van der Waals surface area contributed by atoms with E-state index < -0.39 is 30.1 Å². The summed E-state index contributed by atoms with van der Waals surface area (Å²) in [6.45, 7) is 1.62. The molecule has 1 aliphatic carbocycles. The van der Waals surface area contributed by atoms with E-state index in [1.807, 2.05) is 0 Å². The molecule has 0 aromatic heterocycles. The second-order valence-corrected chi connectivity index (χ2v) is 7.71. The molecule has 3 atom stereocenters. The predicted octanol–water partition coefficient (Wildman–Crippen LogP) is -0.272. The van der Waals surface area contributed by atoms with Gasteiger partial charge in [-0.25, -0.2) is 9.59 Å². The zero-order valence-corrected chi connectivity index (χ0v) is 18.1. The molecule has 2 unspecified atom stereocenters. The lowest BCUT2D eigenvalue weighted by atomic mass is 9.98. The number of alkyl carbamates (subject to hydrolysis) is 1. The van der Waals surface area contributed by atoms with E-state index in [2.05, 4.69) is 16.0 Å². The van der Waals surface area contributed by atoms with E-state index in [0.717, 1.165) is 12.8 Å². The molecule has 0 aromatic carbocycles. The highest BCUT2D eigenvalue weighted by molar-refractivity contribution is 5.90. The first kappa shape index (κ1) is 24.9. The average molecular weight is 443 g/mol. The molecule has 176 valence electrons. The molecule has 1 saturated heterocycles. The first-order valence-electron chi connectivity index (χ1n) is 10.6. The highest BCUT2D eigenvalue weighted by Crippen LogP contribution is 2.33. The Hall–Kier alpha value is -2.40. The van der Waals surface area contributed by atoms with Crippen LogP contribution >= 0.6 is 0 Å². The van der Waals surface area contributed by atoms with Crippen LogP contribution in [0.25, 0.3) is 0 Å². The summed E-state index contributed by atoms with van der Waals surface area (Å²) >= 11 is 0. The van der Waals surface area contributed by atoms with Gasteiger partial charge in [-0.05, 0) is 25.2 Å². The summed E-state index contributed by atoms with van der Waals surface area (Å²) in [7, 11) is 2.79. The molecule has 0 radical (unpaired) electrons. The number of carbonyl (C=O) groups excluding carboxylic acids is 4. The summed E-state index contributed by atoms with van der Waals surface area (Å²) in [6, 6.07) is -1.82. The molecule has 1 saturated carbocycles. The lowest BCUT2D eigenvalue weighted by Gasteiger charge is -2.23. The normalized spacial score (nSPS) is 19.8. The van der Waals surface area contributed by atoms with Crippen molar-refractivity contribution in [1.82, 2.24) is 16.0 Å². The quantitative estimate of drug-likeness (QED) is 0.246. The summed E-state index contributed by atoms with van der Waals surface area (Å²) in [5.74, 6) is -1.32. The Kier molecular flexibility index (Phi) is 10.5. The Morgan fingerprint density at radius 1 is 1.00 bits per heavy atom. The molecule has 3 amide bonds. The van der Waals surface area contributed by atoms with E-state index in [1.54, 1.807) is 7.11 Å². The Labute approximate surface area is 181 Å². The molecule has 1 aliphatic heterocycles. The van der Waals surface area contributed by atoms with Crippen LogP contribution in [-0.2, 0) is 33.3 Å². The zero-order chi connectivity index (χ0) is 22.6. The molecule has 0 bridgehead atoms. The first-order chi connectivity index (χ1) is 14.9. The van der Waals surface area contributed by atoms with Gasteiger partial charge in [0.2, 0.25) is 11.8 Å². The second kappa shape index (κ2) is 13.1. The van der Waals surface area contributed by atoms with Crippen molar-refractivity contribution < 1.29 is 38.1 Å². The van der Waals surface area contributed by atoms with E-state index in [9.17, 15) is 19.2 Å². The maximum Gasteiger partial charge on any atom is 0.407 e. The van der Waals surface area contributed by atoms with Gasteiger partial charge >= 0.3 is 12.1 Å². The van der Waals surface area contributed by atoms with Crippen LogP contribution in [0.5, 0.6) is 0 Å². The zero-order valence-electron chi connectivity index (χ0n) is 18.1. The van der Waals surface area contributed by atoms with Gasteiger partial charge in [-0.15, -0.1) is 0 Å². The maximum absolute atomic E-state index is 12.8. The van der Waals surface area contributed by atoms with Gasteiger partial charge in [-0.1, -0.05) is 12.8 Å². The number of hydrogen-bond donors (Lipinski definition) is 3. The molecule has 11 heteroatoms. The van der Waals surface area contributed by atoms with Crippen LogP contribution in [0.3, 0.4) is 0 Å². The molecule has 0 aromatic rings. The van der Waals surface area contributed by atoms with Crippen LogP contribution < -0.4 is 16.0 Å². The summed E-state index contributed by atoms with van der Waals surface area (Å²) < 4.78 is 19.9. The van der Waals surface area contributed by atoms with Crippen LogP contribution in [0, 0.1) is 11.8 Å². The van der Waals surface area contributed by atoms with Crippen LogP contribution in [0.15, 0.2) is 0 Å². The fourth-order valence-corrected chi connectivity index (χ4v) is 3.32. The smallest absolute Gasteiger partial charge is 0.407 e. The van der Waals surface area contributed by atoms with Crippen molar-refractivity contribution in [3.05, 3.63) is 0 Å². The van der Waals surface area contributed by atoms with Gasteiger partial charge in [0, 0.05) is 19.6 Å². The maximum atomic E-state index is 12.8. The van der Waals surface area contributed by atoms with Crippen LogP contribution in [-0.4, -0.2) is 83.2 Å². The molecule has 1 heterocycles. The number of nitrogens with one attached hydrogen (secondary N) is 3. The minimum absolute atomic E-state index is 0.0366. The minimum atomic E-state index is -0.972. The van der Waals surface area contributed by atoms with Crippen molar-refractivity contribution >= 4 is 23.9 Å². The second-order valence-electron chi connectivity index (χ2n) is 7.71. The molecule has 2 fully saturated rings. The number of rotatable bonds is 14. The Bertz CT molecular complexity index is 626. The lowest BCUT2D eigenvalue weighted by Crippen LogP contribution is -2.52. The van der Waals surface area contributed by atoms with Gasteiger partial charge in [0.1, 0.15) is 18.7 Å². The van der Waals surface area contributed by atoms with Crippen molar-refractivity contribution in [2.75, 3.05) is 47.2 Å². The fourth-order valence-electron chi connectivity index (χ4n) is 3.32. The van der Waals surface area contributed by atoms with Gasteiger partial charge in [-0.3, -0.25) is 9.59 Å². The molecule has 11 nitrogen and oxygen atoms in total. The highest BCUT2D eigenvalue weighted by atomic mass is 16.6. The molecular formula is C20H33N3O8. The topological polar surface area (TPSA) is 141 Å².